The van der Waals surface area contributed by atoms with E-state index in [2.05, 4.69) is 17.2 Å². The van der Waals surface area contributed by atoms with Gasteiger partial charge in [0.1, 0.15) is 6.04 Å². The molecule has 0 aromatic heterocycles. The van der Waals surface area contributed by atoms with Gasteiger partial charge in [0.05, 0.1) is 7.11 Å². The fourth-order valence-electron chi connectivity index (χ4n) is 1.13. The van der Waals surface area contributed by atoms with Crippen molar-refractivity contribution in [1.82, 2.24) is 5.32 Å². The Hall–Kier alpha value is -1.01. The predicted molar refractivity (Wildman–Crippen MR) is 56.7 cm³/mol. The number of ether oxygens (including phenoxy) is 1. The van der Waals surface area contributed by atoms with Crippen molar-refractivity contribution in [2.24, 2.45) is 5.92 Å². The molecular weight excluding hydrogens is 178 g/mol. The van der Waals surface area contributed by atoms with Crippen molar-refractivity contribution < 1.29 is 9.53 Å². The van der Waals surface area contributed by atoms with Crippen molar-refractivity contribution in [1.29, 1.82) is 0 Å². The number of carbonyl (C=O) groups is 1. The molecule has 0 saturated carbocycles. The summed E-state index contributed by atoms with van der Waals surface area (Å²) in [5.41, 5.74) is 0. The van der Waals surface area contributed by atoms with Gasteiger partial charge >= 0.3 is 5.97 Å². The molecular formula is C11H19NO2. The fraction of sp³-hybridized carbons (Fsp3) is 0.727. The molecule has 3 nitrogen and oxygen atoms in total. The van der Waals surface area contributed by atoms with Crippen LogP contribution in [0.25, 0.3) is 0 Å². The third-order valence-electron chi connectivity index (χ3n) is 1.91. The molecule has 0 aromatic rings. The van der Waals surface area contributed by atoms with Gasteiger partial charge in [-0.25, -0.2) is 0 Å². The Morgan fingerprint density at radius 3 is 2.57 bits per heavy atom. The van der Waals surface area contributed by atoms with E-state index in [0.29, 0.717) is 0 Å². The third-order valence-corrected chi connectivity index (χ3v) is 1.91. The van der Waals surface area contributed by atoms with E-state index in [1.54, 1.807) is 6.92 Å². The van der Waals surface area contributed by atoms with Gasteiger partial charge in [-0.1, -0.05) is 13.8 Å². The Bertz CT molecular complexity index is 225. The molecule has 0 radical (unpaired) electrons. The lowest BCUT2D eigenvalue weighted by molar-refractivity contribution is -0.144. The summed E-state index contributed by atoms with van der Waals surface area (Å²) in [6, 6.07) is -0.223. The van der Waals surface area contributed by atoms with Crippen LogP contribution in [0.2, 0.25) is 0 Å². The highest BCUT2D eigenvalue weighted by Gasteiger charge is 2.21. The van der Waals surface area contributed by atoms with Gasteiger partial charge in [0.15, 0.2) is 0 Å². The second-order valence-corrected chi connectivity index (χ2v) is 3.38. The highest BCUT2D eigenvalue weighted by molar-refractivity contribution is 5.75. The van der Waals surface area contributed by atoms with Crippen LogP contribution in [0.15, 0.2) is 0 Å². The molecule has 0 bridgehead atoms. The smallest absolute Gasteiger partial charge is 0.323 e. The molecule has 0 spiro atoms. The summed E-state index contributed by atoms with van der Waals surface area (Å²) in [5.74, 6) is 5.77. The summed E-state index contributed by atoms with van der Waals surface area (Å²) in [5, 5.41) is 3.13. The first-order chi connectivity index (χ1) is 6.63. The van der Waals surface area contributed by atoms with Crippen molar-refractivity contribution in [3.63, 3.8) is 0 Å². The highest BCUT2D eigenvalue weighted by Crippen LogP contribution is 2.03. The van der Waals surface area contributed by atoms with Crippen LogP contribution in [0.4, 0.5) is 0 Å². The molecule has 0 aliphatic heterocycles. The SMILES string of the molecule is CC#CCCNC(C(=O)OC)C(C)C. The monoisotopic (exact) mass is 197 g/mol. The van der Waals surface area contributed by atoms with Crippen molar-refractivity contribution >= 4 is 5.97 Å². The zero-order valence-corrected chi connectivity index (χ0v) is 9.39. The molecule has 1 N–H and O–H groups in total. The van der Waals surface area contributed by atoms with Crippen molar-refractivity contribution in [2.75, 3.05) is 13.7 Å². The molecule has 0 aromatic carbocycles. The van der Waals surface area contributed by atoms with Crippen LogP contribution in [0, 0.1) is 17.8 Å². The van der Waals surface area contributed by atoms with Crippen LogP contribution in [0.3, 0.4) is 0 Å². The minimum atomic E-state index is -0.223. The zero-order valence-electron chi connectivity index (χ0n) is 9.39. The Balaban J connectivity index is 3.96. The van der Waals surface area contributed by atoms with Crippen LogP contribution in [0.5, 0.6) is 0 Å². The molecule has 0 heterocycles. The number of rotatable bonds is 5. The van der Waals surface area contributed by atoms with E-state index in [1.807, 2.05) is 13.8 Å². The van der Waals surface area contributed by atoms with E-state index < -0.39 is 0 Å². The summed E-state index contributed by atoms with van der Waals surface area (Å²) in [4.78, 5) is 11.3. The molecule has 3 heteroatoms. The van der Waals surface area contributed by atoms with E-state index in [1.165, 1.54) is 7.11 Å². The third kappa shape index (κ3) is 4.88. The molecule has 0 amide bonds. The van der Waals surface area contributed by atoms with Crippen LogP contribution < -0.4 is 5.32 Å². The van der Waals surface area contributed by atoms with E-state index >= 15 is 0 Å². The summed E-state index contributed by atoms with van der Waals surface area (Å²) >= 11 is 0. The first-order valence-corrected chi connectivity index (χ1v) is 4.84. The lowest BCUT2D eigenvalue weighted by atomic mass is 10.0. The fourth-order valence-corrected chi connectivity index (χ4v) is 1.13. The summed E-state index contributed by atoms with van der Waals surface area (Å²) in [6.45, 7) is 6.50. The Labute approximate surface area is 86.2 Å². The standard InChI is InChI=1S/C11H19NO2/c1-5-6-7-8-12-10(9(2)3)11(13)14-4/h9-10,12H,7-8H2,1-4H3. The van der Waals surface area contributed by atoms with E-state index in [9.17, 15) is 4.79 Å². The number of esters is 1. The van der Waals surface area contributed by atoms with Crippen LogP contribution in [-0.2, 0) is 9.53 Å². The van der Waals surface area contributed by atoms with E-state index in [4.69, 9.17) is 4.74 Å². The first kappa shape index (κ1) is 13.0. The molecule has 1 unspecified atom stereocenters. The van der Waals surface area contributed by atoms with Gasteiger partial charge < -0.3 is 10.1 Å². The average molecular weight is 197 g/mol. The number of hydrogen-bond acceptors (Lipinski definition) is 3. The predicted octanol–water partition coefficient (Wildman–Crippen LogP) is 1.19. The lowest BCUT2D eigenvalue weighted by Gasteiger charge is -2.18. The van der Waals surface area contributed by atoms with E-state index in [-0.39, 0.29) is 17.9 Å². The molecule has 0 aliphatic carbocycles. The van der Waals surface area contributed by atoms with Gasteiger partial charge in [0, 0.05) is 13.0 Å². The van der Waals surface area contributed by atoms with Crippen molar-refractivity contribution in [2.45, 2.75) is 33.2 Å². The number of carbonyl (C=O) groups excluding carboxylic acids is 1. The first-order valence-electron chi connectivity index (χ1n) is 4.84. The number of methoxy groups -OCH3 is 1. The molecule has 0 aliphatic rings. The Morgan fingerprint density at radius 2 is 2.14 bits per heavy atom. The molecule has 80 valence electrons. The average Bonchev–Trinajstić information content (AvgIpc) is 2.16. The van der Waals surface area contributed by atoms with Gasteiger partial charge in [-0.05, 0) is 12.8 Å². The van der Waals surface area contributed by atoms with Crippen LogP contribution >= 0.6 is 0 Å². The topological polar surface area (TPSA) is 38.3 Å². The van der Waals surface area contributed by atoms with Crippen LogP contribution in [-0.4, -0.2) is 25.7 Å². The number of hydrogen-bond donors (Lipinski definition) is 1. The highest BCUT2D eigenvalue weighted by atomic mass is 16.5. The largest absolute Gasteiger partial charge is 0.468 e. The summed E-state index contributed by atoms with van der Waals surface area (Å²) in [6.07, 6.45) is 0.761. The Kier molecular flexibility index (Phi) is 6.87. The van der Waals surface area contributed by atoms with Gasteiger partial charge in [-0.3, -0.25) is 4.79 Å². The summed E-state index contributed by atoms with van der Waals surface area (Å²) in [7, 11) is 1.41. The van der Waals surface area contributed by atoms with Crippen molar-refractivity contribution in [3.8, 4) is 11.8 Å². The normalized spacial score (nSPS) is 11.8. The lowest BCUT2D eigenvalue weighted by Crippen LogP contribution is -2.42. The Morgan fingerprint density at radius 1 is 1.50 bits per heavy atom. The maximum absolute atomic E-state index is 11.3. The second-order valence-electron chi connectivity index (χ2n) is 3.38. The van der Waals surface area contributed by atoms with Gasteiger partial charge in [-0.15, -0.1) is 11.8 Å². The van der Waals surface area contributed by atoms with Gasteiger partial charge in [0.2, 0.25) is 0 Å². The van der Waals surface area contributed by atoms with Crippen molar-refractivity contribution in [3.05, 3.63) is 0 Å². The van der Waals surface area contributed by atoms with Crippen LogP contribution in [0.1, 0.15) is 27.2 Å². The molecule has 1 atom stereocenters. The second kappa shape index (κ2) is 7.40. The minimum absolute atomic E-state index is 0.204. The quantitative estimate of drug-likeness (QED) is 0.409. The zero-order chi connectivity index (χ0) is 11.0. The maximum atomic E-state index is 11.3. The van der Waals surface area contributed by atoms with Gasteiger partial charge in [-0.2, -0.15) is 0 Å². The number of nitrogens with one attached hydrogen (secondary N) is 1. The van der Waals surface area contributed by atoms with Gasteiger partial charge in [0.25, 0.3) is 0 Å². The molecule has 0 saturated heterocycles. The maximum Gasteiger partial charge on any atom is 0.323 e. The molecule has 0 rings (SSSR count). The minimum Gasteiger partial charge on any atom is -0.468 e. The molecule has 0 fully saturated rings. The molecule has 14 heavy (non-hydrogen) atoms. The van der Waals surface area contributed by atoms with E-state index in [0.717, 1.165) is 13.0 Å². The summed E-state index contributed by atoms with van der Waals surface area (Å²) < 4.78 is 4.69.